The van der Waals surface area contributed by atoms with Crippen LogP contribution in [0.25, 0.3) is 0 Å². The minimum absolute atomic E-state index is 0.0923. The molecule has 28 heavy (non-hydrogen) atoms. The van der Waals surface area contributed by atoms with E-state index in [-0.39, 0.29) is 5.91 Å². The van der Waals surface area contributed by atoms with Gasteiger partial charge in [0.05, 0.1) is 7.11 Å². The van der Waals surface area contributed by atoms with Crippen molar-refractivity contribution in [1.29, 1.82) is 0 Å². The zero-order chi connectivity index (χ0) is 19.8. The molecule has 0 aliphatic rings. The number of hydrogen-bond acceptors (Lipinski definition) is 4. The van der Waals surface area contributed by atoms with E-state index in [0.717, 1.165) is 30.1 Å². The summed E-state index contributed by atoms with van der Waals surface area (Å²) < 4.78 is 5.16. The van der Waals surface area contributed by atoms with Crippen molar-refractivity contribution in [2.24, 2.45) is 0 Å². The van der Waals surface area contributed by atoms with Crippen LogP contribution >= 0.6 is 0 Å². The van der Waals surface area contributed by atoms with E-state index in [0.29, 0.717) is 12.1 Å². The van der Waals surface area contributed by atoms with Gasteiger partial charge in [-0.15, -0.1) is 0 Å². The Morgan fingerprint density at radius 2 is 1.79 bits per heavy atom. The van der Waals surface area contributed by atoms with Gasteiger partial charge in [0.1, 0.15) is 11.6 Å². The van der Waals surface area contributed by atoms with E-state index >= 15 is 0 Å². The van der Waals surface area contributed by atoms with Crippen molar-refractivity contribution in [3.05, 3.63) is 89.6 Å². The average molecular weight is 375 g/mol. The fourth-order valence-electron chi connectivity index (χ4n) is 2.92. The van der Waals surface area contributed by atoms with Crippen molar-refractivity contribution in [2.75, 3.05) is 25.6 Å². The minimum atomic E-state index is -0.0923. The van der Waals surface area contributed by atoms with E-state index in [1.807, 2.05) is 60.5 Å². The standard InChI is InChI=1S/C23H25N3O2/c1-26(17-19-6-4-3-5-7-19)22-16-20(13-15-24-22)23(27)25-14-12-18-8-10-21(28-2)11-9-18/h3-11,13,15-16H,12,14,17H2,1-2H3,(H,25,27). The quantitative estimate of drug-likeness (QED) is 0.652. The van der Waals surface area contributed by atoms with Crippen molar-refractivity contribution in [1.82, 2.24) is 10.3 Å². The van der Waals surface area contributed by atoms with Gasteiger partial charge in [-0.2, -0.15) is 0 Å². The van der Waals surface area contributed by atoms with Crippen LogP contribution in [0, 0.1) is 0 Å². The lowest BCUT2D eigenvalue weighted by Gasteiger charge is -2.18. The Labute approximate surface area is 166 Å². The Morgan fingerprint density at radius 3 is 2.50 bits per heavy atom. The Kier molecular flexibility index (Phi) is 6.63. The van der Waals surface area contributed by atoms with E-state index in [1.165, 1.54) is 5.56 Å². The molecule has 1 aromatic heterocycles. The molecule has 0 aliphatic carbocycles. The molecule has 1 N–H and O–H groups in total. The predicted molar refractivity (Wildman–Crippen MR) is 112 cm³/mol. The number of amides is 1. The molecule has 5 nitrogen and oxygen atoms in total. The highest BCUT2D eigenvalue weighted by molar-refractivity contribution is 5.94. The summed E-state index contributed by atoms with van der Waals surface area (Å²) in [6.07, 6.45) is 2.44. The monoisotopic (exact) mass is 375 g/mol. The van der Waals surface area contributed by atoms with Gasteiger partial charge in [-0.3, -0.25) is 4.79 Å². The van der Waals surface area contributed by atoms with Crippen LogP contribution in [0.1, 0.15) is 21.5 Å². The normalized spacial score (nSPS) is 10.4. The Hall–Kier alpha value is -3.34. The van der Waals surface area contributed by atoms with Gasteiger partial charge < -0.3 is 15.0 Å². The highest BCUT2D eigenvalue weighted by atomic mass is 16.5. The molecule has 3 rings (SSSR count). The molecular formula is C23H25N3O2. The number of nitrogens with zero attached hydrogens (tertiary/aromatic N) is 2. The number of methoxy groups -OCH3 is 1. The smallest absolute Gasteiger partial charge is 0.251 e. The molecule has 0 unspecified atom stereocenters. The van der Waals surface area contributed by atoms with Crippen LogP contribution in [0.2, 0.25) is 0 Å². The fourth-order valence-corrected chi connectivity index (χ4v) is 2.92. The second kappa shape index (κ2) is 9.55. The molecular weight excluding hydrogens is 350 g/mol. The molecule has 3 aromatic rings. The number of nitrogens with one attached hydrogen (secondary N) is 1. The van der Waals surface area contributed by atoms with Crippen LogP contribution in [0.15, 0.2) is 72.9 Å². The Morgan fingerprint density at radius 1 is 1.04 bits per heavy atom. The summed E-state index contributed by atoms with van der Waals surface area (Å²) in [6, 6.07) is 21.6. The Balaban J connectivity index is 1.55. The summed E-state index contributed by atoms with van der Waals surface area (Å²) in [5.74, 6) is 1.51. The van der Waals surface area contributed by atoms with E-state index in [1.54, 1.807) is 19.4 Å². The Bertz CT molecular complexity index is 895. The third-order valence-corrected chi connectivity index (χ3v) is 4.52. The van der Waals surface area contributed by atoms with Crippen LogP contribution in [0.5, 0.6) is 5.75 Å². The van der Waals surface area contributed by atoms with Gasteiger partial charge in [-0.25, -0.2) is 4.98 Å². The summed E-state index contributed by atoms with van der Waals surface area (Å²) in [5.41, 5.74) is 2.96. The van der Waals surface area contributed by atoms with Gasteiger partial charge in [0.25, 0.3) is 5.91 Å². The maximum Gasteiger partial charge on any atom is 0.251 e. The molecule has 0 fully saturated rings. The van der Waals surface area contributed by atoms with Crippen molar-refractivity contribution >= 4 is 11.7 Å². The van der Waals surface area contributed by atoms with Crippen LogP contribution in [-0.4, -0.2) is 31.6 Å². The van der Waals surface area contributed by atoms with Gasteiger partial charge in [0, 0.05) is 31.9 Å². The molecule has 144 valence electrons. The summed E-state index contributed by atoms with van der Waals surface area (Å²) >= 11 is 0. The molecule has 0 saturated carbocycles. The van der Waals surface area contributed by atoms with Crippen molar-refractivity contribution in [2.45, 2.75) is 13.0 Å². The van der Waals surface area contributed by atoms with E-state index in [9.17, 15) is 4.79 Å². The van der Waals surface area contributed by atoms with Crippen LogP contribution in [0.4, 0.5) is 5.82 Å². The molecule has 1 heterocycles. The maximum absolute atomic E-state index is 12.5. The third-order valence-electron chi connectivity index (χ3n) is 4.52. The molecule has 5 heteroatoms. The first kappa shape index (κ1) is 19.4. The molecule has 0 atom stereocenters. The van der Waals surface area contributed by atoms with E-state index in [2.05, 4.69) is 22.4 Å². The molecule has 0 saturated heterocycles. The third kappa shape index (κ3) is 5.33. The van der Waals surface area contributed by atoms with Crippen LogP contribution < -0.4 is 15.0 Å². The summed E-state index contributed by atoms with van der Waals surface area (Å²) in [5, 5.41) is 2.98. The van der Waals surface area contributed by atoms with Gasteiger partial charge in [-0.1, -0.05) is 42.5 Å². The van der Waals surface area contributed by atoms with Crippen LogP contribution in [0.3, 0.4) is 0 Å². The van der Waals surface area contributed by atoms with Crippen molar-refractivity contribution in [3.63, 3.8) is 0 Å². The SMILES string of the molecule is COc1ccc(CCNC(=O)c2ccnc(N(C)Cc3ccccc3)c2)cc1. The van der Waals surface area contributed by atoms with Gasteiger partial charge in [0.2, 0.25) is 0 Å². The average Bonchev–Trinajstić information content (AvgIpc) is 2.75. The number of pyridine rings is 1. The van der Waals surface area contributed by atoms with Crippen LogP contribution in [-0.2, 0) is 13.0 Å². The highest BCUT2D eigenvalue weighted by Gasteiger charge is 2.09. The first-order valence-corrected chi connectivity index (χ1v) is 9.28. The number of ether oxygens (including phenoxy) is 1. The fraction of sp³-hybridized carbons (Fsp3) is 0.217. The molecule has 1 amide bonds. The van der Waals surface area contributed by atoms with E-state index < -0.39 is 0 Å². The number of rotatable bonds is 8. The second-order valence-electron chi connectivity index (χ2n) is 6.60. The number of carbonyl (C=O) groups excluding carboxylic acids is 1. The first-order chi connectivity index (χ1) is 13.7. The van der Waals surface area contributed by atoms with Crippen molar-refractivity contribution in [3.8, 4) is 5.75 Å². The zero-order valence-corrected chi connectivity index (χ0v) is 16.3. The minimum Gasteiger partial charge on any atom is -0.497 e. The highest BCUT2D eigenvalue weighted by Crippen LogP contribution is 2.15. The number of aromatic nitrogens is 1. The van der Waals surface area contributed by atoms with Gasteiger partial charge in [-0.05, 0) is 41.8 Å². The molecule has 0 radical (unpaired) electrons. The maximum atomic E-state index is 12.5. The van der Waals surface area contributed by atoms with Gasteiger partial charge in [0.15, 0.2) is 0 Å². The van der Waals surface area contributed by atoms with Crippen molar-refractivity contribution < 1.29 is 9.53 Å². The lowest BCUT2D eigenvalue weighted by Crippen LogP contribution is -2.26. The topological polar surface area (TPSA) is 54.5 Å². The summed E-state index contributed by atoms with van der Waals surface area (Å²) in [7, 11) is 3.62. The lowest BCUT2D eigenvalue weighted by atomic mass is 10.1. The molecule has 0 bridgehead atoms. The summed E-state index contributed by atoms with van der Waals surface area (Å²) in [4.78, 5) is 18.9. The number of anilines is 1. The largest absolute Gasteiger partial charge is 0.497 e. The molecule has 0 spiro atoms. The zero-order valence-electron chi connectivity index (χ0n) is 16.3. The number of carbonyl (C=O) groups is 1. The number of hydrogen-bond donors (Lipinski definition) is 1. The molecule has 0 aliphatic heterocycles. The lowest BCUT2D eigenvalue weighted by molar-refractivity contribution is 0.0954. The van der Waals surface area contributed by atoms with Gasteiger partial charge >= 0.3 is 0 Å². The summed E-state index contributed by atoms with van der Waals surface area (Å²) in [6.45, 7) is 1.30. The first-order valence-electron chi connectivity index (χ1n) is 9.28. The van der Waals surface area contributed by atoms with E-state index in [4.69, 9.17) is 4.74 Å². The second-order valence-corrected chi connectivity index (χ2v) is 6.60. The predicted octanol–water partition coefficient (Wildman–Crippen LogP) is 3.70. The molecule has 2 aromatic carbocycles. The number of benzene rings is 2.